The van der Waals surface area contributed by atoms with Crippen LogP contribution in [0.4, 0.5) is 0 Å². The van der Waals surface area contributed by atoms with Gasteiger partial charge in [-0.2, -0.15) is 0 Å². The lowest BCUT2D eigenvalue weighted by Crippen LogP contribution is -2.30. The Hall–Kier alpha value is -1.35. The quantitative estimate of drug-likeness (QED) is 0.862. The number of piperidine rings is 1. The molecule has 1 aliphatic rings. The predicted octanol–water partition coefficient (Wildman–Crippen LogP) is 2.68. The average Bonchev–Trinajstić information content (AvgIpc) is 2.72. The van der Waals surface area contributed by atoms with Gasteiger partial charge in [0.15, 0.2) is 11.5 Å². The molecule has 3 rings (SSSR count). The van der Waals surface area contributed by atoms with Crippen LogP contribution < -0.4 is 5.32 Å². The maximum absolute atomic E-state index is 5.57. The van der Waals surface area contributed by atoms with Gasteiger partial charge < -0.3 is 9.73 Å². The van der Waals surface area contributed by atoms with Crippen LogP contribution in [0, 0.1) is 12.8 Å². The first-order valence-electron chi connectivity index (χ1n) is 6.38. The van der Waals surface area contributed by atoms with Crippen molar-refractivity contribution in [3.8, 4) is 0 Å². The molecule has 3 heteroatoms. The number of hydrogen-bond donors (Lipinski definition) is 1. The van der Waals surface area contributed by atoms with Gasteiger partial charge in [-0.15, -0.1) is 0 Å². The third-order valence-electron chi connectivity index (χ3n) is 3.52. The van der Waals surface area contributed by atoms with Gasteiger partial charge in [-0.05, 0) is 49.9 Å². The molecule has 0 amide bonds. The monoisotopic (exact) mass is 230 g/mol. The lowest BCUT2D eigenvalue weighted by molar-refractivity contribution is 0.376. The number of rotatable bonds is 2. The summed E-state index contributed by atoms with van der Waals surface area (Å²) in [5, 5.41) is 3.46. The average molecular weight is 230 g/mol. The Kier molecular flexibility index (Phi) is 2.85. The van der Waals surface area contributed by atoms with E-state index in [4.69, 9.17) is 4.42 Å². The highest BCUT2D eigenvalue weighted by molar-refractivity contribution is 5.76. The van der Waals surface area contributed by atoms with Crippen molar-refractivity contribution in [1.82, 2.24) is 10.3 Å². The van der Waals surface area contributed by atoms with E-state index in [1.165, 1.54) is 24.9 Å². The molecule has 1 saturated heterocycles. The van der Waals surface area contributed by atoms with Gasteiger partial charge >= 0.3 is 0 Å². The Morgan fingerprint density at radius 2 is 2.41 bits per heavy atom. The number of fused-ring (bicyclic) bond motifs is 1. The third-order valence-corrected chi connectivity index (χ3v) is 3.52. The Labute approximate surface area is 101 Å². The summed E-state index contributed by atoms with van der Waals surface area (Å²) in [6.45, 7) is 4.21. The normalized spacial score (nSPS) is 20.9. The van der Waals surface area contributed by atoms with Crippen LogP contribution in [0.15, 0.2) is 22.6 Å². The van der Waals surface area contributed by atoms with E-state index >= 15 is 0 Å². The molecule has 0 aliphatic carbocycles. The van der Waals surface area contributed by atoms with Crippen LogP contribution in [0.3, 0.4) is 0 Å². The first-order chi connectivity index (χ1) is 8.33. The van der Waals surface area contributed by atoms with Crippen LogP contribution in [-0.4, -0.2) is 18.1 Å². The van der Waals surface area contributed by atoms with Crippen LogP contribution in [0.2, 0.25) is 0 Å². The number of nitrogens with zero attached hydrogens (tertiary/aromatic N) is 1. The van der Waals surface area contributed by atoms with Gasteiger partial charge in [0.25, 0.3) is 0 Å². The molecule has 1 aliphatic heterocycles. The largest absolute Gasteiger partial charge is 0.441 e. The topological polar surface area (TPSA) is 38.1 Å². The standard InChI is InChI=1S/C14H18N2O/c1-10-16-14-12(5-2-6-13(14)17-10)8-11-4-3-7-15-9-11/h2,5-6,11,15H,3-4,7-9H2,1H3. The minimum Gasteiger partial charge on any atom is -0.441 e. The van der Waals surface area contributed by atoms with Gasteiger partial charge in [-0.1, -0.05) is 12.1 Å². The number of oxazole rings is 1. The molecule has 1 unspecified atom stereocenters. The van der Waals surface area contributed by atoms with E-state index in [2.05, 4.69) is 22.4 Å². The highest BCUT2D eigenvalue weighted by atomic mass is 16.3. The van der Waals surface area contributed by atoms with Crippen LogP contribution in [-0.2, 0) is 6.42 Å². The van der Waals surface area contributed by atoms with Crippen molar-refractivity contribution in [1.29, 1.82) is 0 Å². The van der Waals surface area contributed by atoms with Gasteiger partial charge in [0.1, 0.15) is 5.52 Å². The number of aryl methyl sites for hydroxylation is 1. The minimum atomic E-state index is 0.742. The molecule has 3 nitrogen and oxygen atoms in total. The van der Waals surface area contributed by atoms with Crippen LogP contribution >= 0.6 is 0 Å². The summed E-state index contributed by atoms with van der Waals surface area (Å²) in [6, 6.07) is 6.25. The van der Waals surface area contributed by atoms with Crippen LogP contribution in [0.5, 0.6) is 0 Å². The summed E-state index contributed by atoms with van der Waals surface area (Å²) in [5.74, 6) is 1.50. The second-order valence-electron chi connectivity index (χ2n) is 4.91. The van der Waals surface area contributed by atoms with E-state index in [-0.39, 0.29) is 0 Å². The minimum absolute atomic E-state index is 0.742. The Bertz CT molecular complexity index is 512. The van der Waals surface area contributed by atoms with Crippen molar-refractivity contribution in [3.05, 3.63) is 29.7 Å². The summed E-state index contributed by atoms with van der Waals surface area (Å²) in [6.07, 6.45) is 3.72. The molecule has 2 aromatic rings. The van der Waals surface area contributed by atoms with Crippen LogP contribution in [0.25, 0.3) is 11.1 Å². The van der Waals surface area contributed by atoms with E-state index in [9.17, 15) is 0 Å². The number of hydrogen-bond acceptors (Lipinski definition) is 3. The Morgan fingerprint density at radius 1 is 1.47 bits per heavy atom. The van der Waals surface area contributed by atoms with E-state index in [0.717, 1.165) is 35.9 Å². The summed E-state index contributed by atoms with van der Waals surface area (Å²) in [7, 11) is 0. The van der Waals surface area contributed by atoms with Crippen molar-refractivity contribution < 1.29 is 4.42 Å². The summed E-state index contributed by atoms with van der Waals surface area (Å²) >= 11 is 0. The molecule has 0 radical (unpaired) electrons. The maximum Gasteiger partial charge on any atom is 0.192 e. The first-order valence-corrected chi connectivity index (χ1v) is 6.38. The highest BCUT2D eigenvalue weighted by Gasteiger charge is 2.16. The van der Waals surface area contributed by atoms with E-state index in [1.807, 2.05) is 13.0 Å². The third kappa shape index (κ3) is 2.20. The molecule has 1 atom stereocenters. The number of benzene rings is 1. The van der Waals surface area contributed by atoms with Gasteiger partial charge in [0, 0.05) is 6.92 Å². The fourth-order valence-corrected chi connectivity index (χ4v) is 2.69. The molecule has 1 N–H and O–H groups in total. The van der Waals surface area contributed by atoms with Gasteiger partial charge in [0.05, 0.1) is 0 Å². The zero-order valence-electron chi connectivity index (χ0n) is 10.2. The molecule has 1 aromatic heterocycles. The van der Waals surface area contributed by atoms with Gasteiger partial charge in [-0.25, -0.2) is 4.98 Å². The van der Waals surface area contributed by atoms with E-state index < -0.39 is 0 Å². The zero-order chi connectivity index (χ0) is 11.7. The van der Waals surface area contributed by atoms with Crippen molar-refractivity contribution in [3.63, 3.8) is 0 Å². The summed E-state index contributed by atoms with van der Waals surface area (Å²) in [4.78, 5) is 4.49. The summed E-state index contributed by atoms with van der Waals surface area (Å²) in [5.41, 5.74) is 3.30. The molecule has 0 saturated carbocycles. The fraction of sp³-hybridized carbons (Fsp3) is 0.500. The molecule has 0 bridgehead atoms. The lowest BCUT2D eigenvalue weighted by Gasteiger charge is -2.22. The number of aromatic nitrogens is 1. The van der Waals surface area contributed by atoms with Gasteiger partial charge in [0.2, 0.25) is 0 Å². The smallest absolute Gasteiger partial charge is 0.192 e. The molecule has 90 valence electrons. The predicted molar refractivity (Wildman–Crippen MR) is 68.0 cm³/mol. The Balaban J connectivity index is 1.88. The second-order valence-corrected chi connectivity index (χ2v) is 4.91. The maximum atomic E-state index is 5.57. The lowest BCUT2D eigenvalue weighted by atomic mass is 9.92. The van der Waals surface area contributed by atoms with Crippen molar-refractivity contribution in [2.45, 2.75) is 26.2 Å². The molecule has 0 spiro atoms. The zero-order valence-corrected chi connectivity index (χ0v) is 10.2. The van der Waals surface area contributed by atoms with Crippen molar-refractivity contribution in [2.24, 2.45) is 5.92 Å². The number of para-hydroxylation sites is 1. The molecule has 17 heavy (non-hydrogen) atoms. The van der Waals surface area contributed by atoms with Gasteiger partial charge in [-0.3, -0.25) is 0 Å². The molecule has 2 heterocycles. The van der Waals surface area contributed by atoms with Crippen LogP contribution in [0.1, 0.15) is 24.3 Å². The van der Waals surface area contributed by atoms with E-state index in [0.29, 0.717) is 0 Å². The summed E-state index contributed by atoms with van der Waals surface area (Å²) < 4.78 is 5.57. The molecular weight excluding hydrogens is 212 g/mol. The molecule has 1 aromatic carbocycles. The SMILES string of the molecule is Cc1nc2c(CC3CCCNC3)cccc2o1. The second kappa shape index (κ2) is 4.49. The highest BCUT2D eigenvalue weighted by Crippen LogP contribution is 2.23. The van der Waals surface area contributed by atoms with Crippen molar-refractivity contribution >= 4 is 11.1 Å². The first kappa shape index (κ1) is 10.8. The molecular formula is C14H18N2O. The Morgan fingerprint density at radius 3 is 3.24 bits per heavy atom. The van der Waals surface area contributed by atoms with E-state index in [1.54, 1.807) is 0 Å². The van der Waals surface area contributed by atoms with Crippen molar-refractivity contribution in [2.75, 3.05) is 13.1 Å². The fourth-order valence-electron chi connectivity index (χ4n) is 2.69. The number of nitrogens with one attached hydrogen (secondary N) is 1. The molecule has 1 fully saturated rings.